The Morgan fingerprint density at radius 1 is 0.783 bits per heavy atom. The molecule has 0 unspecified atom stereocenters. The molecule has 0 N–H and O–H groups in total. The molecule has 0 saturated carbocycles. The van der Waals surface area contributed by atoms with Crippen molar-refractivity contribution in [2.75, 3.05) is 0 Å². The molecule has 2 aliphatic rings. The van der Waals surface area contributed by atoms with Crippen molar-refractivity contribution < 1.29 is 9.59 Å². The van der Waals surface area contributed by atoms with Crippen LogP contribution in [0.3, 0.4) is 0 Å². The lowest BCUT2D eigenvalue weighted by molar-refractivity contribution is -0.113. The third kappa shape index (κ3) is 4.28. The average molecular weight is 310 g/mol. The number of carbonyl (C=O) groups is 2. The van der Waals surface area contributed by atoms with Crippen molar-refractivity contribution >= 4 is 11.6 Å². The lowest BCUT2D eigenvalue weighted by Gasteiger charge is -2.18. The standard InChI is InChI=1S/C21H26O2/c1-4-6-8-17-13-19(14-18(21(17)23)9-7-5-2)16-10-11-20(22)15(3)12-16/h10-14H,4-9H2,1-3H3. The molecule has 0 bridgehead atoms. The van der Waals surface area contributed by atoms with E-state index in [1.807, 2.05) is 31.2 Å². The van der Waals surface area contributed by atoms with E-state index in [0.717, 1.165) is 66.4 Å². The van der Waals surface area contributed by atoms with E-state index in [0.29, 0.717) is 0 Å². The first-order chi connectivity index (χ1) is 11.1. The van der Waals surface area contributed by atoms with Crippen molar-refractivity contribution in [1.82, 2.24) is 0 Å². The fourth-order valence-corrected chi connectivity index (χ4v) is 2.86. The van der Waals surface area contributed by atoms with E-state index in [1.165, 1.54) is 0 Å². The molecule has 0 spiro atoms. The zero-order valence-corrected chi connectivity index (χ0v) is 14.4. The van der Waals surface area contributed by atoms with Crippen LogP contribution in [0.25, 0.3) is 0 Å². The molecular weight excluding hydrogens is 284 g/mol. The number of hydrogen-bond donors (Lipinski definition) is 0. The van der Waals surface area contributed by atoms with E-state index in [9.17, 15) is 9.59 Å². The van der Waals surface area contributed by atoms with Gasteiger partial charge in [0.05, 0.1) is 0 Å². The Morgan fingerprint density at radius 2 is 1.35 bits per heavy atom. The quantitative estimate of drug-likeness (QED) is 0.677. The second-order valence-electron chi connectivity index (χ2n) is 6.31. The molecule has 2 rings (SSSR count). The summed E-state index contributed by atoms with van der Waals surface area (Å²) in [6.45, 7) is 6.12. The van der Waals surface area contributed by atoms with Crippen LogP contribution < -0.4 is 0 Å². The summed E-state index contributed by atoms with van der Waals surface area (Å²) in [6.07, 6.45) is 15.3. The maximum atomic E-state index is 12.6. The fraction of sp³-hybridized carbons (Fsp3) is 0.429. The maximum absolute atomic E-state index is 12.6. The predicted molar refractivity (Wildman–Crippen MR) is 95.2 cm³/mol. The van der Waals surface area contributed by atoms with Crippen LogP contribution in [-0.4, -0.2) is 11.6 Å². The normalized spacial score (nSPS) is 18.1. The van der Waals surface area contributed by atoms with E-state index >= 15 is 0 Å². The van der Waals surface area contributed by atoms with Gasteiger partial charge in [-0.2, -0.15) is 0 Å². The molecule has 0 aromatic heterocycles. The Morgan fingerprint density at radius 3 is 1.83 bits per heavy atom. The summed E-state index contributed by atoms with van der Waals surface area (Å²) in [7, 11) is 0. The van der Waals surface area contributed by atoms with Gasteiger partial charge in [-0.1, -0.05) is 32.8 Å². The van der Waals surface area contributed by atoms with E-state index in [2.05, 4.69) is 13.8 Å². The number of allylic oxidation sites excluding steroid dienone is 10. The molecule has 23 heavy (non-hydrogen) atoms. The highest BCUT2D eigenvalue weighted by Gasteiger charge is 2.20. The van der Waals surface area contributed by atoms with Crippen molar-refractivity contribution in [3.05, 3.63) is 58.2 Å². The number of Topliss-reactive ketones (excluding diaryl/α,β-unsaturated/α-hetero) is 1. The first kappa shape index (κ1) is 17.4. The maximum Gasteiger partial charge on any atom is 0.185 e. The number of ketones is 2. The van der Waals surface area contributed by atoms with Gasteiger partial charge in [-0.15, -0.1) is 0 Å². The van der Waals surface area contributed by atoms with Gasteiger partial charge < -0.3 is 0 Å². The predicted octanol–water partition coefficient (Wildman–Crippen LogP) is 5.18. The lowest BCUT2D eigenvalue weighted by atomic mass is 9.85. The van der Waals surface area contributed by atoms with Crippen molar-refractivity contribution in [2.24, 2.45) is 0 Å². The van der Waals surface area contributed by atoms with Crippen molar-refractivity contribution in [2.45, 2.75) is 59.3 Å². The minimum atomic E-state index is 0.0617. The summed E-state index contributed by atoms with van der Waals surface area (Å²) >= 11 is 0. The lowest BCUT2D eigenvalue weighted by Crippen LogP contribution is -2.12. The van der Waals surface area contributed by atoms with E-state index in [-0.39, 0.29) is 11.6 Å². The summed E-state index contributed by atoms with van der Waals surface area (Å²) in [5.74, 6) is 0.277. The van der Waals surface area contributed by atoms with Gasteiger partial charge in [0.2, 0.25) is 0 Å². The van der Waals surface area contributed by atoms with Crippen LogP contribution in [-0.2, 0) is 9.59 Å². The molecule has 0 heterocycles. The SMILES string of the molecule is CCCCC1=CC(=C2C=CC(=O)C(C)=C2)C=C(CCCC)C1=O. The third-order valence-electron chi connectivity index (χ3n) is 4.35. The summed E-state index contributed by atoms with van der Waals surface area (Å²) in [5.41, 5.74) is 4.67. The van der Waals surface area contributed by atoms with Crippen molar-refractivity contribution in [3.63, 3.8) is 0 Å². The molecule has 0 saturated heterocycles. The smallest absolute Gasteiger partial charge is 0.185 e. The minimum Gasteiger partial charge on any atom is -0.290 e. The highest BCUT2D eigenvalue weighted by atomic mass is 16.1. The largest absolute Gasteiger partial charge is 0.290 e. The Bertz CT molecular complexity index is 621. The first-order valence-corrected chi connectivity index (χ1v) is 8.67. The average Bonchev–Trinajstić information content (AvgIpc) is 2.55. The minimum absolute atomic E-state index is 0.0617. The van der Waals surface area contributed by atoms with Crippen LogP contribution in [0.1, 0.15) is 59.3 Å². The van der Waals surface area contributed by atoms with Gasteiger partial charge in [0.1, 0.15) is 0 Å². The molecule has 2 aliphatic carbocycles. The number of carbonyl (C=O) groups excluding carboxylic acids is 2. The number of unbranched alkanes of at least 4 members (excludes halogenated alkanes) is 2. The van der Waals surface area contributed by atoms with Gasteiger partial charge in [-0.25, -0.2) is 0 Å². The van der Waals surface area contributed by atoms with Crippen LogP contribution in [0.15, 0.2) is 58.2 Å². The first-order valence-electron chi connectivity index (χ1n) is 8.67. The fourth-order valence-electron chi connectivity index (χ4n) is 2.86. The Kier molecular flexibility index (Phi) is 6.09. The van der Waals surface area contributed by atoms with Crippen LogP contribution in [0.4, 0.5) is 0 Å². The van der Waals surface area contributed by atoms with E-state index in [4.69, 9.17) is 0 Å². The molecule has 0 amide bonds. The van der Waals surface area contributed by atoms with Crippen molar-refractivity contribution in [3.8, 4) is 0 Å². The summed E-state index contributed by atoms with van der Waals surface area (Å²) < 4.78 is 0. The number of rotatable bonds is 6. The van der Waals surface area contributed by atoms with E-state index < -0.39 is 0 Å². The second kappa shape index (κ2) is 8.05. The van der Waals surface area contributed by atoms with Gasteiger partial charge in [-0.3, -0.25) is 9.59 Å². The van der Waals surface area contributed by atoms with Gasteiger partial charge in [0.15, 0.2) is 11.6 Å². The Hall–Kier alpha value is -1.96. The highest BCUT2D eigenvalue weighted by Crippen LogP contribution is 2.29. The molecule has 122 valence electrons. The van der Waals surface area contributed by atoms with Crippen LogP contribution in [0.2, 0.25) is 0 Å². The highest BCUT2D eigenvalue weighted by molar-refractivity contribution is 6.10. The van der Waals surface area contributed by atoms with Crippen LogP contribution in [0, 0.1) is 0 Å². The molecule has 2 nitrogen and oxygen atoms in total. The molecule has 0 fully saturated rings. The monoisotopic (exact) mass is 310 g/mol. The van der Waals surface area contributed by atoms with Gasteiger partial charge in [-0.05, 0) is 73.6 Å². The summed E-state index contributed by atoms with van der Waals surface area (Å²) in [5, 5.41) is 0. The molecule has 0 aromatic rings. The van der Waals surface area contributed by atoms with Gasteiger partial charge in [0.25, 0.3) is 0 Å². The second-order valence-corrected chi connectivity index (χ2v) is 6.31. The van der Waals surface area contributed by atoms with Crippen LogP contribution >= 0.6 is 0 Å². The van der Waals surface area contributed by atoms with Gasteiger partial charge in [0, 0.05) is 11.1 Å². The molecule has 2 heteroatoms. The molecular formula is C21H26O2. The zero-order chi connectivity index (χ0) is 16.8. The number of hydrogen-bond acceptors (Lipinski definition) is 2. The Labute approximate surface area is 139 Å². The third-order valence-corrected chi connectivity index (χ3v) is 4.35. The van der Waals surface area contributed by atoms with Gasteiger partial charge >= 0.3 is 0 Å². The summed E-state index contributed by atoms with van der Waals surface area (Å²) in [4.78, 5) is 24.3. The molecule has 0 atom stereocenters. The van der Waals surface area contributed by atoms with Crippen LogP contribution in [0.5, 0.6) is 0 Å². The molecule has 0 radical (unpaired) electrons. The van der Waals surface area contributed by atoms with E-state index in [1.54, 1.807) is 6.08 Å². The topological polar surface area (TPSA) is 34.1 Å². The molecule has 0 aromatic carbocycles. The molecule has 0 aliphatic heterocycles. The zero-order valence-electron chi connectivity index (χ0n) is 14.4. The van der Waals surface area contributed by atoms with Crippen molar-refractivity contribution in [1.29, 1.82) is 0 Å². The summed E-state index contributed by atoms with van der Waals surface area (Å²) in [6, 6.07) is 0. The Balaban J connectivity index is 2.40.